The minimum Gasteiger partial charge on any atom is -0.377 e. The maximum Gasteiger partial charge on any atom is 0.228 e. The quantitative estimate of drug-likeness (QED) is 0.693. The first-order valence-electron chi connectivity index (χ1n) is 11.3. The summed E-state index contributed by atoms with van der Waals surface area (Å²) < 4.78 is 5.61. The van der Waals surface area contributed by atoms with Crippen molar-refractivity contribution < 1.29 is 9.53 Å². The van der Waals surface area contributed by atoms with Gasteiger partial charge in [0.05, 0.1) is 18.6 Å². The standard InChI is InChI=1S/C26H33N3O2/c1-20(2)28-25(30)26(11-14-29(19-26)17-22-4-3-15-31-18-22)16-21-5-7-23(8-6-21)24-9-12-27-13-10-24/h4-10,12-13,20H,3,11,14-19H2,1-2H3,(H,28,30)/t26-/m1/s1. The fourth-order valence-corrected chi connectivity index (χ4v) is 4.67. The number of benzene rings is 1. The minimum atomic E-state index is -0.390. The third-order valence-corrected chi connectivity index (χ3v) is 6.25. The van der Waals surface area contributed by atoms with E-state index >= 15 is 0 Å². The number of likely N-dealkylation sites (tertiary alicyclic amines) is 1. The molecule has 0 bridgehead atoms. The van der Waals surface area contributed by atoms with Gasteiger partial charge in [0.2, 0.25) is 5.91 Å². The van der Waals surface area contributed by atoms with E-state index in [1.165, 1.54) is 16.7 Å². The number of ether oxygens (including phenoxy) is 1. The highest BCUT2D eigenvalue weighted by Gasteiger charge is 2.44. The fourth-order valence-electron chi connectivity index (χ4n) is 4.67. The van der Waals surface area contributed by atoms with Crippen LogP contribution in [0.15, 0.2) is 60.4 Å². The SMILES string of the molecule is CC(C)NC(=O)[C@@]1(Cc2ccc(-c3ccncc3)cc2)CCN(CC2=CCCOC2)C1. The van der Waals surface area contributed by atoms with Crippen LogP contribution < -0.4 is 5.32 Å². The highest BCUT2D eigenvalue weighted by Crippen LogP contribution is 2.36. The van der Waals surface area contributed by atoms with Crippen molar-refractivity contribution >= 4 is 5.91 Å². The van der Waals surface area contributed by atoms with Crippen LogP contribution in [0.3, 0.4) is 0 Å². The maximum atomic E-state index is 13.3. The molecule has 2 aliphatic heterocycles. The minimum absolute atomic E-state index is 0.141. The molecule has 4 rings (SSSR count). The van der Waals surface area contributed by atoms with E-state index in [-0.39, 0.29) is 11.9 Å². The second-order valence-electron chi connectivity index (χ2n) is 9.18. The topological polar surface area (TPSA) is 54.5 Å². The Labute approximate surface area is 185 Å². The number of carbonyl (C=O) groups is 1. The smallest absolute Gasteiger partial charge is 0.228 e. The molecular formula is C26H33N3O2. The van der Waals surface area contributed by atoms with Crippen molar-refractivity contribution in [3.63, 3.8) is 0 Å². The van der Waals surface area contributed by atoms with E-state index in [1.807, 2.05) is 38.4 Å². The summed E-state index contributed by atoms with van der Waals surface area (Å²) in [6.07, 6.45) is 8.56. The molecule has 0 radical (unpaired) electrons. The zero-order valence-electron chi connectivity index (χ0n) is 18.6. The molecule has 5 nitrogen and oxygen atoms in total. The number of hydrogen-bond donors (Lipinski definition) is 1. The van der Waals surface area contributed by atoms with E-state index in [4.69, 9.17) is 4.74 Å². The number of rotatable bonds is 7. The molecule has 1 N–H and O–H groups in total. The number of hydrogen-bond acceptors (Lipinski definition) is 4. The van der Waals surface area contributed by atoms with Gasteiger partial charge in [0.15, 0.2) is 0 Å². The number of aromatic nitrogens is 1. The normalized spacial score (nSPS) is 21.8. The van der Waals surface area contributed by atoms with Gasteiger partial charge < -0.3 is 10.1 Å². The third kappa shape index (κ3) is 5.41. The van der Waals surface area contributed by atoms with Crippen LogP contribution in [0.2, 0.25) is 0 Å². The molecule has 0 unspecified atom stereocenters. The summed E-state index contributed by atoms with van der Waals surface area (Å²) in [6, 6.07) is 12.8. The monoisotopic (exact) mass is 419 g/mol. The van der Waals surface area contributed by atoms with Crippen molar-refractivity contribution in [2.75, 3.05) is 32.8 Å². The molecule has 3 heterocycles. The summed E-state index contributed by atoms with van der Waals surface area (Å²) in [4.78, 5) is 19.8. The highest BCUT2D eigenvalue weighted by molar-refractivity contribution is 5.84. The lowest BCUT2D eigenvalue weighted by Crippen LogP contribution is -2.47. The van der Waals surface area contributed by atoms with Gasteiger partial charge in [0.25, 0.3) is 0 Å². The molecule has 1 saturated heterocycles. The molecular weight excluding hydrogens is 386 g/mol. The maximum absolute atomic E-state index is 13.3. The third-order valence-electron chi connectivity index (χ3n) is 6.25. The van der Waals surface area contributed by atoms with Crippen molar-refractivity contribution in [3.8, 4) is 11.1 Å². The second kappa shape index (κ2) is 9.75. The van der Waals surface area contributed by atoms with Crippen molar-refractivity contribution in [1.29, 1.82) is 0 Å². The predicted octanol–water partition coefficient (Wildman–Crippen LogP) is 3.85. The van der Waals surface area contributed by atoms with Gasteiger partial charge in [-0.3, -0.25) is 14.7 Å². The zero-order valence-corrected chi connectivity index (χ0v) is 18.6. The Balaban J connectivity index is 1.50. The Morgan fingerprint density at radius 1 is 1.16 bits per heavy atom. The van der Waals surface area contributed by atoms with Crippen LogP contribution >= 0.6 is 0 Å². The van der Waals surface area contributed by atoms with Gasteiger partial charge in [-0.15, -0.1) is 0 Å². The van der Waals surface area contributed by atoms with Crippen LogP contribution in [0.25, 0.3) is 11.1 Å². The van der Waals surface area contributed by atoms with E-state index in [1.54, 1.807) is 0 Å². The molecule has 2 aromatic rings. The summed E-state index contributed by atoms with van der Waals surface area (Å²) in [7, 11) is 0. The molecule has 2 aliphatic rings. The van der Waals surface area contributed by atoms with Gasteiger partial charge in [-0.25, -0.2) is 0 Å². The van der Waals surface area contributed by atoms with Gasteiger partial charge in [-0.05, 0) is 74.1 Å². The first-order chi connectivity index (χ1) is 15.0. The Bertz CT molecular complexity index is 908. The van der Waals surface area contributed by atoms with Crippen molar-refractivity contribution in [2.24, 2.45) is 5.41 Å². The summed E-state index contributed by atoms with van der Waals surface area (Å²) >= 11 is 0. The fraction of sp³-hybridized carbons (Fsp3) is 0.462. The first-order valence-corrected chi connectivity index (χ1v) is 11.3. The van der Waals surface area contributed by atoms with Crippen LogP contribution in [-0.2, 0) is 16.0 Å². The first kappa shape index (κ1) is 21.7. The van der Waals surface area contributed by atoms with E-state index in [0.717, 1.165) is 57.7 Å². The van der Waals surface area contributed by atoms with Gasteiger partial charge >= 0.3 is 0 Å². The number of nitrogens with one attached hydrogen (secondary N) is 1. The summed E-state index contributed by atoms with van der Waals surface area (Å²) in [6.45, 7) is 8.24. The Morgan fingerprint density at radius 2 is 1.90 bits per heavy atom. The molecule has 0 saturated carbocycles. The van der Waals surface area contributed by atoms with Crippen molar-refractivity contribution in [2.45, 2.75) is 39.2 Å². The van der Waals surface area contributed by atoms with Gasteiger partial charge in [-0.2, -0.15) is 0 Å². The molecule has 1 aromatic heterocycles. The van der Waals surface area contributed by atoms with Crippen LogP contribution in [0.4, 0.5) is 0 Å². The van der Waals surface area contributed by atoms with E-state index in [0.29, 0.717) is 0 Å². The van der Waals surface area contributed by atoms with Crippen molar-refractivity contribution in [3.05, 3.63) is 66.0 Å². The van der Waals surface area contributed by atoms with E-state index in [9.17, 15) is 4.79 Å². The Hall–Kier alpha value is -2.50. The van der Waals surface area contributed by atoms with Crippen LogP contribution in [0.5, 0.6) is 0 Å². The molecule has 1 amide bonds. The van der Waals surface area contributed by atoms with Crippen molar-refractivity contribution in [1.82, 2.24) is 15.2 Å². The molecule has 164 valence electrons. The molecule has 1 aromatic carbocycles. The molecule has 1 fully saturated rings. The summed E-state index contributed by atoms with van der Waals surface area (Å²) in [5, 5.41) is 3.20. The number of carbonyl (C=O) groups excluding carboxylic acids is 1. The van der Waals surface area contributed by atoms with Gasteiger partial charge in [0.1, 0.15) is 0 Å². The molecule has 5 heteroatoms. The van der Waals surface area contributed by atoms with Gasteiger partial charge in [-0.1, -0.05) is 30.3 Å². The molecule has 1 atom stereocenters. The summed E-state index contributed by atoms with van der Waals surface area (Å²) in [5.41, 5.74) is 4.48. The molecule has 31 heavy (non-hydrogen) atoms. The van der Waals surface area contributed by atoms with E-state index < -0.39 is 5.41 Å². The van der Waals surface area contributed by atoms with E-state index in [2.05, 4.69) is 45.5 Å². The number of pyridine rings is 1. The largest absolute Gasteiger partial charge is 0.377 e. The number of amides is 1. The van der Waals surface area contributed by atoms with Crippen LogP contribution in [0.1, 0.15) is 32.3 Å². The molecule has 0 spiro atoms. The number of nitrogens with zero attached hydrogens (tertiary/aromatic N) is 2. The van der Waals surface area contributed by atoms with Gasteiger partial charge in [0, 0.05) is 31.5 Å². The predicted molar refractivity (Wildman–Crippen MR) is 124 cm³/mol. The Kier molecular flexibility index (Phi) is 6.83. The second-order valence-corrected chi connectivity index (χ2v) is 9.18. The molecule has 0 aliphatic carbocycles. The lowest BCUT2D eigenvalue weighted by atomic mass is 9.79. The highest BCUT2D eigenvalue weighted by atomic mass is 16.5. The average Bonchev–Trinajstić information content (AvgIpc) is 3.19. The average molecular weight is 420 g/mol. The van der Waals surface area contributed by atoms with Crippen LogP contribution in [-0.4, -0.2) is 54.7 Å². The Morgan fingerprint density at radius 3 is 2.58 bits per heavy atom. The lowest BCUT2D eigenvalue weighted by Gasteiger charge is -2.30. The summed E-state index contributed by atoms with van der Waals surface area (Å²) in [5.74, 6) is 0.178. The zero-order chi connectivity index (χ0) is 21.7. The van der Waals surface area contributed by atoms with Crippen LogP contribution in [0, 0.1) is 5.41 Å². The lowest BCUT2D eigenvalue weighted by molar-refractivity contribution is -0.131.